The third-order valence-corrected chi connectivity index (χ3v) is 4.38. The van der Waals surface area contributed by atoms with Crippen molar-refractivity contribution in [2.45, 2.75) is 38.5 Å². The summed E-state index contributed by atoms with van der Waals surface area (Å²) in [6, 6.07) is 5.56. The van der Waals surface area contributed by atoms with E-state index in [-0.39, 0.29) is 5.78 Å². The van der Waals surface area contributed by atoms with Crippen LogP contribution in [-0.4, -0.2) is 12.9 Å². The van der Waals surface area contributed by atoms with Crippen molar-refractivity contribution in [3.63, 3.8) is 0 Å². The second-order valence-electron chi connectivity index (χ2n) is 4.96. The van der Waals surface area contributed by atoms with E-state index >= 15 is 0 Å². The van der Waals surface area contributed by atoms with Gasteiger partial charge in [-0.05, 0) is 40.4 Å². The molecule has 0 aromatic heterocycles. The second-order valence-corrected chi connectivity index (χ2v) is 5.82. The first-order chi connectivity index (χ1) is 8.70. The number of benzene rings is 1. The minimum absolute atomic E-state index is 0.229. The number of halogens is 1. The molecule has 0 atom stereocenters. The van der Waals surface area contributed by atoms with Crippen molar-refractivity contribution in [1.82, 2.24) is 0 Å². The highest BCUT2D eigenvalue weighted by atomic mass is 79.9. The van der Waals surface area contributed by atoms with Crippen molar-refractivity contribution < 1.29 is 9.53 Å². The number of hydrogen-bond donors (Lipinski definition) is 0. The Hall–Kier alpha value is -0.830. The molecule has 0 radical (unpaired) electrons. The zero-order chi connectivity index (χ0) is 13.0. The van der Waals surface area contributed by atoms with Gasteiger partial charge in [0.05, 0.1) is 11.6 Å². The van der Waals surface area contributed by atoms with E-state index in [2.05, 4.69) is 15.9 Å². The predicted octanol–water partition coefficient (Wildman–Crippen LogP) is 4.61. The quantitative estimate of drug-likeness (QED) is 0.742. The maximum atomic E-state index is 12.1. The van der Waals surface area contributed by atoms with Crippen molar-refractivity contribution in [3.05, 3.63) is 28.2 Å². The standard InChI is InChI=1S/C15H19BrO2/c1-18-15-10-12(7-8-13(15)16)14(17)9-6-11-4-2-3-5-11/h7-8,10-11H,2-6,9H2,1H3. The number of carbonyl (C=O) groups excluding carboxylic acids is 1. The number of ether oxygens (including phenoxy) is 1. The van der Waals surface area contributed by atoms with Crippen LogP contribution in [0.5, 0.6) is 5.75 Å². The smallest absolute Gasteiger partial charge is 0.163 e. The molecule has 0 heterocycles. The van der Waals surface area contributed by atoms with Crippen LogP contribution < -0.4 is 4.74 Å². The third kappa shape index (κ3) is 3.35. The summed E-state index contributed by atoms with van der Waals surface area (Å²) in [6.45, 7) is 0. The van der Waals surface area contributed by atoms with Crippen LogP contribution in [0.2, 0.25) is 0 Å². The Balaban J connectivity index is 1.95. The molecule has 1 aromatic rings. The maximum absolute atomic E-state index is 12.1. The van der Waals surface area contributed by atoms with E-state index in [1.165, 1.54) is 25.7 Å². The van der Waals surface area contributed by atoms with Gasteiger partial charge in [0.15, 0.2) is 5.78 Å². The van der Waals surface area contributed by atoms with Crippen molar-refractivity contribution in [3.8, 4) is 5.75 Å². The molecule has 0 amide bonds. The molecule has 0 bridgehead atoms. The maximum Gasteiger partial charge on any atom is 0.163 e. The minimum atomic E-state index is 0.229. The number of hydrogen-bond acceptors (Lipinski definition) is 2. The molecule has 18 heavy (non-hydrogen) atoms. The van der Waals surface area contributed by atoms with Gasteiger partial charge in [-0.2, -0.15) is 0 Å². The molecular formula is C15H19BrO2. The minimum Gasteiger partial charge on any atom is -0.496 e. The molecule has 0 unspecified atom stereocenters. The first kappa shape index (κ1) is 13.6. The Bertz CT molecular complexity index is 423. The lowest BCUT2D eigenvalue weighted by molar-refractivity contribution is 0.0973. The fraction of sp³-hybridized carbons (Fsp3) is 0.533. The van der Waals surface area contributed by atoms with Gasteiger partial charge >= 0.3 is 0 Å². The van der Waals surface area contributed by atoms with Gasteiger partial charge < -0.3 is 4.74 Å². The zero-order valence-electron chi connectivity index (χ0n) is 10.7. The lowest BCUT2D eigenvalue weighted by Gasteiger charge is -2.09. The molecule has 1 saturated carbocycles. The predicted molar refractivity (Wildman–Crippen MR) is 76.2 cm³/mol. The van der Waals surface area contributed by atoms with Gasteiger partial charge in [0.1, 0.15) is 5.75 Å². The number of rotatable bonds is 5. The molecular weight excluding hydrogens is 292 g/mol. The summed E-state index contributed by atoms with van der Waals surface area (Å²) in [5, 5.41) is 0. The normalized spacial score (nSPS) is 15.9. The summed E-state index contributed by atoms with van der Waals surface area (Å²) in [5.41, 5.74) is 0.757. The highest BCUT2D eigenvalue weighted by molar-refractivity contribution is 9.10. The first-order valence-corrected chi connectivity index (χ1v) is 7.36. The highest BCUT2D eigenvalue weighted by Crippen LogP contribution is 2.30. The summed E-state index contributed by atoms with van der Waals surface area (Å²) in [6.07, 6.45) is 6.98. The van der Waals surface area contributed by atoms with Crippen molar-refractivity contribution in [1.29, 1.82) is 0 Å². The molecule has 0 N–H and O–H groups in total. The van der Waals surface area contributed by atoms with Gasteiger partial charge in [-0.15, -0.1) is 0 Å². The van der Waals surface area contributed by atoms with Crippen molar-refractivity contribution >= 4 is 21.7 Å². The van der Waals surface area contributed by atoms with E-state index in [1.807, 2.05) is 18.2 Å². The molecule has 3 heteroatoms. The average molecular weight is 311 g/mol. The third-order valence-electron chi connectivity index (χ3n) is 3.73. The summed E-state index contributed by atoms with van der Waals surface area (Å²) in [4.78, 5) is 12.1. The summed E-state index contributed by atoms with van der Waals surface area (Å²) in [7, 11) is 1.62. The van der Waals surface area contributed by atoms with E-state index in [0.29, 0.717) is 6.42 Å². The Kier molecular flexibility index (Phi) is 4.81. The molecule has 1 aromatic carbocycles. The summed E-state index contributed by atoms with van der Waals surface area (Å²) in [5.74, 6) is 1.72. The molecule has 0 aliphatic heterocycles. The first-order valence-electron chi connectivity index (χ1n) is 6.57. The van der Waals surface area contributed by atoms with E-state index in [1.54, 1.807) is 7.11 Å². The van der Waals surface area contributed by atoms with Crippen molar-refractivity contribution in [2.24, 2.45) is 5.92 Å². The largest absolute Gasteiger partial charge is 0.496 e. The van der Waals surface area contributed by atoms with Gasteiger partial charge in [0, 0.05) is 12.0 Å². The Morgan fingerprint density at radius 2 is 2.11 bits per heavy atom. The fourth-order valence-corrected chi connectivity index (χ4v) is 3.02. The number of carbonyl (C=O) groups is 1. The highest BCUT2D eigenvalue weighted by Gasteiger charge is 2.17. The van der Waals surface area contributed by atoms with Crippen LogP contribution in [-0.2, 0) is 0 Å². The van der Waals surface area contributed by atoms with Crippen molar-refractivity contribution in [2.75, 3.05) is 7.11 Å². The molecule has 0 spiro atoms. The van der Waals surface area contributed by atoms with Gasteiger partial charge in [0.2, 0.25) is 0 Å². The van der Waals surface area contributed by atoms with E-state index in [9.17, 15) is 4.79 Å². The van der Waals surface area contributed by atoms with Gasteiger partial charge in [0.25, 0.3) is 0 Å². The van der Waals surface area contributed by atoms with E-state index in [0.717, 1.165) is 28.1 Å². The van der Waals surface area contributed by atoms with Crippen LogP contribution in [0, 0.1) is 5.92 Å². The lowest BCUT2D eigenvalue weighted by atomic mass is 9.97. The molecule has 2 rings (SSSR count). The van der Waals surface area contributed by atoms with Crippen LogP contribution in [0.15, 0.2) is 22.7 Å². The van der Waals surface area contributed by atoms with Crippen LogP contribution in [0.4, 0.5) is 0 Å². The Morgan fingerprint density at radius 3 is 2.78 bits per heavy atom. The summed E-state index contributed by atoms with van der Waals surface area (Å²) >= 11 is 3.40. The average Bonchev–Trinajstić information content (AvgIpc) is 2.89. The molecule has 98 valence electrons. The number of ketones is 1. The monoisotopic (exact) mass is 310 g/mol. The molecule has 0 saturated heterocycles. The topological polar surface area (TPSA) is 26.3 Å². The van der Waals surface area contributed by atoms with Crippen LogP contribution in [0.25, 0.3) is 0 Å². The molecule has 1 aliphatic carbocycles. The van der Waals surface area contributed by atoms with Crippen LogP contribution >= 0.6 is 15.9 Å². The van der Waals surface area contributed by atoms with Gasteiger partial charge in [-0.1, -0.05) is 31.7 Å². The SMILES string of the molecule is COc1cc(C(=O)CCC2CCCC2)ccc1Br. The number of methoxy groups -OCH3 is 1. The summed E-state index contributed by atoms with van der Waals surface area (Å²) < 4.78 is 6.10. The second kappa shape index (κ2) is 6.37. The number of Topliss-reactive ketones (excluding diaryl/α,β-unsaturated/α-hetero) is 1. The zero-order valence-corrected chi connectivity index (χ0v) is 12.3. The lowest BCUT2D eigenvalue weighted by Crippen LogP contribution is -2.03. The van der Waals surface area contributed by atoms with Gasteiger partial charge in [-0.3, -0.25) is 4.79 Å². The molecule has 1 aliphatic rings. The van der Waals surface area contributed by atoms with Crippen LogP contribution in [0.3, 0.4) is 0 Å². The van der Waals surface area contributed by atoms with E-state index in [4.69, 9.17) is 4.74 Å². The molecule has 2 nitrogen and oxygen atoms in total. The molecule has 1 fully saturated rings. The Morgan fingerprint density at radius 1 is 1.39 bits per heavy atom. The van der Waals surface area contributed by atoms with Gasteiger partial charge in [-0.25, -0.2) is 0 Å². The van der Waals surface area contributed by atoms with E-state index < -0.39 is 0 Å². The fourth-order valence-electron chi connectivity index (χ4n) is 2.61. The Labute approximate surface area is 117 Å². The van der Waals surface area contributed by atoms with Crippen LogP contribution in [0.1, 0.15) is 48.9 Å².